The zero-order chi connectivity index (χ0) is 25.5. The molecule has 0 saturated carbocycles. The van der Waals surface area contributed by atoms with E-state index in [2.05, 4.69) is 20.6 Å². The van der Waals surface area contributed by atoms with Crippen molar-refractivity contribution in [2.45, 2.75) is 33.4 Å². The van der Waals surface area contributed by atoms with Gasteiger partial charge >= 0.3 is 0 Å². The molecule has 1 heterocycles. The lowest BCUT2D eigenvalue weighted by Gasteiger charge is -2.21. The molecule has 1 aromatic heterocycles. The van der Waals surface area contributed by atoms with Crippen molar-refractivity contribution in [1.29, 1.82) is 0 Å². The highest BCUT2D eigenvalue weighted by molar-refractivity contribution is 5.97. The van der Waals surface area contributed by atoms with Gasteiger partial charge in [-0.3, -0.25) is 4.79 Å². The highest BCUT2D eigenvalue weighted by atomic mass is 19.1. The Labute approximate surface area is 210 Å². The maximum atomic E-state index is 13.5. The van der Waals surface area contributed by atoms with Gasteiger partial charge in [-0.1, -0.05) is 63.2 Å². The first kappa shape index (κ1) is 25.3. The number of anilines is 2. The molecule has 0 saturated heterocycles. The minimum atomic E-state index is -0.285. The SMILES string of the molecule is CC(C)C(C)C(=O)Nc1ccc2ncnc(NC(COCc3cccc(F)c3)c3ccccc3)c2c1. The lowest BCUT2D eigenvalue weighted by Crippen LogP contribution is -2.24. The van der Waals surface area contributed by atoms with Gasteiger partial charge < -0.3 is 15.4 Å². The first-order chi connectivity index (χ1) is 17.4. The number of halogens is 1. The molecule has 0 radical (unpaired) electrons. The number of amides is 1. The second-order valence-corrected chi connectivity index (χ2v) is 9.23. The van der Waals surface area contributed by atoms with Crippen LogP contribution in [0.5, 0.6) is 0 Å². The van der Waals surface area contributed by atoms with Gasteiger partial charge in [-0.15, -0.1) is 0 Å². The van der Waals surface area contributed by atoms with Crippen LogP contribution in [-0.2, 0) is 16.1 Å². The number of hydrogen-bond acceptors (Lipinski definition) is 5. The summed E-state index contributed by atoms with van der Waals surface area (Å²) >= 11 is 0. The van der Waals surface area contributed by atoms with Gasteiger partial charge in [-0.2, -0.15) is 0 Å². The van der Waals surface area contributed by atoms with Crippen LogP contribution in [0.2, 0.25) is 0 Å². The molecule has 2 atom stereocenters. The van der Waals surface area contributed by atoms with Crippen molar-refractivity contribution in [2.75, 3.05) is 17.2 Å². The number of carbonyl (C=O) groups excluding carboxylic acids is 1. The molecule has 3 aromatic carbocycles. The molecule has 0 aliphatic rings. The lowest BCUT2D eigenvalue weighted by molar-refractivity contribution is -0.120. The molecule has 0 fully saturated rings. The predicted molar refractivity (Wildman–Crippen MR) is 141 cm³/mol. The van der Waals surface area contributed by atoms with Crippen LogP contribution in [0.3, 0.4) is 0 Å². The Morgan fingerprint density at radius 3 is 2.53 bits per heavy atom. The average Bonchev–Trinajstić information content (AvgIpc) is 2.88. The Morgan fingerprint density at radius 2 is 1.78 bits per heavy atom. The number of nitrogens with zero attached hydrogens (tertiary/aromatic N) is 2. The van der Waals surface area contributed by atoms with Crippen molar-refractivity contribution in [3.05, 3.63) is 96.1 Å². The quantitative estimate of drug-likeness (QED) is 0.272. The minimum Gasteiger partial charge on any atom is -0.374 e. The van der Waals surface area contributed by atoms with Crippen LogP contribution in [0.25, 0.3) is 10.9 Å². The molecule has 0 spiro atoms. The topological polar surface area (TPSA) is 76.1 Å². The van der Waals surface area contributed by atoms with Crippen molar-refractivity contribution >= 4 is 28.3 Å². The lowest BCUT2D eigenvalue weighted by atomic mass is 9.97. The third-order valence-corrected chi connectivity index (χ3v) is 6.27. The van der Waals surface area contributed by atoms with Gasteiger partial charge in [0, 0.05) is 17.0 Å². The summed E-state index contributed by atoms with van der Waals surface area (Å²) in [6, 6.07) is 21.7. The summed E-state index contributed by atoms with van der Waals surface area (Å²) in [6.45, 7) is 6.61. The number of hydrogen-bond donors (Lipinski definition) is 2. The zero-order valence-corrected chi connectivity index (χ0v) is 20.7. The normalized spacial score (nSPS) is 12.9. The largest absolute Gasteiger partial charge is 0.374 e. The fraction of sp³-hybridized carbons (Fsp3) is 0.276. The van der Waals surface area contributed by atoms with Crippen LogP contribution in [0, 0.1) is 17.7 Å². The van der Waals surface area contributed by atoms with Crippen molar-refractivity contribution in [3.8, 4) is 0 Å². The van der Waals surface area contributed by atoms with Gasteiger partial charge in [0.25, 0.3) is 0 Å². The Bertz CT molecular complexity index is 1310. The van der Waals surface area contributed by atoms with Gasteiger partial charge in [0.2, 0.25) is 5.91 Å². The number of benzene rings is 3. The van der Waals surface area contributed by atoms with Crippen molar-refractivity contribution < 1.29 is 13.9 Å². The second-order valence-electron chi connectivity index (χ2n) is 9.23. The monoisotopic (exact) mass is 486 g/mol. The predicted octanol–water partition coefficient (Wildman–Crippen LogP) is 6.37. The number of nitrogens with one attached hydrogen (secondary N) is 2. The highest BCUT2D eigenvalue weighted by Gasteiger charge is 2.18. The summed E-state index contributed by atoms with van der Waals surface area (Å²) in [4.78, 5) is 21.5. The summed E-state index contributed by atoms with van der Waals surface area (Å²) in [5, 5.41) is 7.29. The number of ether oxygens (including phenoxy) is 1. The summed E-state index contributed by atoms with van der Waals surface area (Å²) in [5.74, 6) is 0.458. The van der Waals surface area contributed by atoms with E-state index in [1.165, 1.54) is 18.5 Å². The second kappa shape index (κ2) is 11.7. The Morgan fingerprint density at radius 1 is 0.972 bits per heavy atom. The van der Waals surface area contributed by atoms with Gasteiger partial charge in [-0.25, -0.2) is 14.4 Å². The molecule has 2 N–H and O–H groups in total. The smallest absolute Gasteiger partial charge is 0.227 e. The molecule has 4 rings (SSSR count). The molecule has 4 aromatic rings. The molecule has 36 heavy (non-hydrogen) atoms. The van der Waals surface area contributed by atoms with Gasteiger partial charge in [-0.05, 0) is 47.4 Å². The van der Waals surface area contributed by atoms with Gasteiger partial charge in [0.1, 0.15) is 18.0 Å². The molecule has 186 valence electrons. The van der Waals surface area contributed by atoms with Crippen molar-refractivity contribution in [2.24, 2.45) is 11.8 Å². The Kier molecular flexibility index (Phi) is 8.23. The van der Waals surface area contributed by atoms with E-state index in [0.717, 1.165) is 22.0 Å². The van der Waals surface area contributed by atoms with E-state index in [4.69, 9.17) is 4.74 Å². The number of rotatable bonds is 10. The molecule has 0 bridgehead atoms. The summed E-state index contributed by atoms with van der Waals surface area (Å²) in [6.07, 6.45) is 1.51. The van der Waals surface area contributed by atoms with Crippen LogP contribution in [0.4, 0.5) is 15.9 Å². The summed E-state index contributed by atoms with van der Waals surface area (Å²) < 4.78 is 19.5. The van der Waals surface area contributed by atoms with E-state index >= 15 is 0 Å². The molecular weight excluding hydrogens is 455 g/mol. The van der Waals surface area contributed by atoms with E-state index < -0.39 is 0 Å². The first-order valence-corrected chi connectivity index (χ1v) is 12.1. The molecular formula is C29H31FN4O2. The maximum absolute atomic E-state index is 13.5. The highest BCUT2D eigenvalue weighted by Crippen LogP contribution is 2.27. The van der Waals surface area contributed by atoms with Gasteiger partial charge in [0.15, 0.2) is 0 Å². The van der Waals surface area contributed by atoms with E-state index in [0.29, 0.717) is 18.1 Å². The first-order valence-electron chi connectivity index (χ1n) is 12.1. The standard InChI is InChI=1S/C29H31FN4O2/c1-19(2)20(3)29(35)33-24-12-13-26-25(15-24)28(32-18-31-26)34-27(22-9-5-4-6-10-22)17-36-16-21-8-7-11-23(30)14-21/h4-15,18-20,27H,16-17H2,1-3H3,(H,33,35)(H,31,32,34). The van der Waals surface area contributed by atoms with E-state index in [-0.39, 0.29) is 36.2 Å². The molecule has 1 amide bonds. The van der Waals surface area contributed by atoms with Crippen LogP contribution in [0.1, 0.15) is 37.9 Å². The van der Waals surface area contributed by atoms with E-state index in [9.17, 15) is 9.18 Å². The summed E-state index contributed by atoms with van der Waals surface area (Å²) in [5.41, 5.74) is 3.25. The zero-order valence-electron chi connectivity index (χ0n) is 20.7. The van der Waals surface area contributed by atoms with Crippen LogP contribution in [0.15, 0.2) is 79.1 Å². The number of fused-ring (bicyclic) bond motifs is 1. The summed E-state index contributed by atoms with van der Waals surface area (Å²) in [7, 11) is 0. The Balaban J connectivity index is 1.56. The average molecular weight is 487 g/mol. The minimum absolute atomic E-state index is 0.0244. The number of aromatic nitrogens is 2. The third-order valence-electron chi connectivity index (χ3n) is 6.27. The van der Waals surface area contributed by atoms with Crippen molar-refractivity contribution in [1.82, 2.24) is 9.97 Å². The molecule has 0 aliphatic carbocycles. The molecule has 7 heteroatoms. The fourth-order valence-corrected chi connectivity index (χ4v) is 3.80. The van der Waals surface area contributed by atoms with Crippen LogP contribution in [-0.4, -0.2) is 22.5 Å². The number of carbonyl (C=O) groups is 1. The van der Waals surface area contributed by atoms with E-state index in [1.807, 2.05) is 75.4 Å². The van der Waals surface area contributed by atoms with Crippen molar-refractivity contribution in [3.63, 3.8) is 0 Å². The third kappa shape index (κ3) is 6.43. The fourth-order valence-electron chi connectivity index (χ4n) is 3.80. The molecule has 6 nitrogen and oxygen atoms in total. The van der Waals surface area contributed by atoms with Crippen LogP contribution >= 0.6 is 0 Å². The molecule has 0 aliphatic heterocycles. The Hall–Kier alpha value is -3.84. The van der Waals surface area contributed by atoms with E-state index in [1.54, 1.807) is 6.07 Å². The molecule has 2 unspecified atom stereocenters. The van der Waals surface area contributed by atoms with Crippen LogP contribution < -0.4 is 10.6 Å². The van der Waals surface area contributed by atoms with Gasteiger partial charge in [0.05, 0.1) is 24.8 Å². The maximum Gasteiger partial charge on any atom is 0.227 e.